The van der Waals surface area contributed by atoms with E-state index in [1.165, 1.54) is 32.1 Å². The number of hydrogen-bond donors (Lipinski definition) is 1. The fraction of sp³-hybridized carbons (Fsp3) is 0.850. The van der Waals surface area contributed by atoms with Crippen LogP contribution in [0, 0.1) is 5.41 Å². The molecule has 6 heteroatoms. The SMILES string of the molecule is CC(C)c1n[nH]c(CN2C3CCCC2CN(C(=O)CCC2(C)CC2)C3)n1. The number of carbonyl (C=O) groups excluding carboxylic acids is 1. The highest BCUT2D eigenvalue weighted by Gasteiger charge is 2.41. The van der Waals surface area contributed by atoms with Crippen LogP contribution < -0.4 is 0 Å². The Morgan fingerprint density at radius 3 is 2.54 bits per heavy atom. The van der Waals surface area contributed by atoms with Gasteiger partial charge in [0.15, 0.2) is 5.82 Å². The molecule has 3 heterocycles. The molecule has 1 saturated carbocycles. The van der Waals surface area contributed by atoms with E-state index in [1.54, 1.807) is 0 Å². The zero-order valence-corrected chi connectivity index (χ0v) is 16.5. The molecule has 0 spiro atoms. The summed E-state index contributed by atoms with van der Waals surface area (Å²) in [6.07, 6.45) is 8.04. The topological polar surface area (TPSA) is 65.1 Å². The van der Waals surface area contributed by atoms with E-state index in [1.807, 2.05) is 0 Å². The van der Waals surface area contributed by atoms with Crippen molar-refractivity contribution >= 4 is 5.91 Å². The average molecular weight is 360 g/mol. The molecule has 3 fully saturated rings. The van der Waals surface area contributed by atoms with Crippen LogP contribution in [0.3, 0.4) is 0 Å². The summed E-state index contributed by atoms with van der Waals surface area (Å²) in [5.74, 6) is 2.58. The van der Waals surface area contributed by atoms with Gasteiger partial charge in [0.1, 0.15) is 5.82 Å². The summed E-state index contributed by atoms with van der Waals surface area (Å²) < 4.78 is 0. The Morgan fingerprint density at radius 1 is 1.27 bits per heavy atom. The molecule has 1 aromatic rings. The first kappa shape index (κ1) is 18.0. The van der Waals surface area contributed by atoms with Crippen molar-refractivity contribution in [3.63, 3.8) is 0 Å². The lowest BCUT2D eigenvalue weighted by atomic mass is 9.90. The number of nitrogens with one attached hydrogen (secondary N) is 1. The molecule has 6 nitrogen and oxygen atoms in total. The molecule has 2 atom stereocenters. The Bertz CT molecular complexity index is 636. The van der Waals surface area contributed by atoms with E-state index in [-0.39, 0.29) is 0 Å². The van der Waals surface area contributed by atoms with Gasteiger partial charge in [0.2, 0.25) is 5.91 Å². The fourth-order valence-electron chi connectivity index (χ4n) is 4.50. The quantitative estimate of drug-likeness (QED) is 0.848. The molecule has 1 aromatic heterocycles. The summed E-state index contributed by atoms with van der Waals surface area (Å²) in [5.41, 5.74) is 0.466. The molecule has 0 aromatic carbocycles. The number of rotatable bonds is 6. The molecule has 1 amide bonds. The van der Waals surface area contributed by atoms with Crippen molar-refractivity contribution in [1.29, 1.82) is 0 Å². The van der Waals surface area contributed by atoms with Gasteiger partial charge < -0.3 is 4.90 Å². The second kappa shape index (κ2) is 6.95. The van der Waals surface area contributed by atoms with Gasteiger partial charge in [-0.2, -0.15) is 5.10 Å². The third kappa shape index (κ3) is 3.80. The number of aromatic amines is 1. The highest BCUT2D eigenvalue weighted by molar-refractivity contribution is 5.76. The summed E-state index contributed by atoms with van der Waals surface area (Å²) in [7, 11) is 0. The van der Waals surface area contributed by atoms with Crippen LogP contribution in [0.4, 0.5) is 0 Å². The number of aromatic nitrogens is 3. The lowest BCUT2D eigenvalue weighted by Crippen LogP contribution is -2.61. The van der Waals surface area contributed by atoms with E-state index in [4.69, 9.17) is 0 Å². The van der Waals surface area contributed by atoms with Crippen LogP contribution in [0.1, 0.15) is 83.3 Å². The molecule has 2 aliphatic heterocycles. The summed E-state index contributed by atoms with van der Waals surface area (Å²) in [5, 5.41) is 7.46. The number of piperidine rings is 1. The molecule has 0 radical (unpaired) electrons. The van der Waals surface area contributed by atoms with Gasteiger partial charge in [0, 0.05) is 37.5 Å². The molecular weight excluding hydrogens is 326 g/mol. The van der Waals surface area contributed by atoms with Crippen molar-refractivity contribution in [2.24, 2.45) is 5.41 Å². The van der Waals surface area contributed by atoms with Gasteiger partial charge in [-0.1, -0.05) is 27.2 Å². The van der Waals surface area contributed by atoms with Gasteiger partial charge in [0.25, 0.3) is 0 Å². The van der Waals surface area contributed by atoms with Crippen molar-refractivity contribution in [2.45, 2.75) is 90.3 Å². The van der Waals surface area contributed by atoms with Gasteiger partial charge in [-0.3, -0.25) is 14.8 Å². The largest absolute Gasteiger partial charge is 0.340 e. The molecule has 2 saturated heterocycles. The van der Waals surface area contributed by atoms with Gasteiger partial charge >= 0.3 is 0 Å². The summed E-state index contributed by atoms with van der Waals surface area (Å²) >= 11 is 0. The first-order valence-corrected chi connectivity index (χ1v) is 10.4. The number of likely N-dealkylation sites (tertiary alicyclic amines) is 1. The maximum Gasteiger partial charge on any atom is 0.222 e. The Morgan fingerprint density at radius 2 is 1.96 bits per heavy atom. The van der Waals surface area contributed by atoms with E-state index >= 15 is 0 Å². The number of nitrogens with zero attached hydrogens (tertiary/aromatic N) is 4. The van der Waals surface area contributed by atoms with Crippen molar-refractivity contribution in [2.75, 3.05) is 13.1 Å². The Hall–Kier alpha value is -1.43. The average Bonchev–Trinajstić information content (AvgIpc) is 3.14. The van der Waals surface area contributed by atoms with Crippen molar-refractivity contribution in [3.8, 4) is 0 Å². The van der Waals surface area contributed by atoms with Crippen LogP contribution in [0.15, 0.2) is 0 Å². The zero-order valence-electron chi connectivity index (χ0n) is 16.5. The van der Waals surface area contributed by atoms with Crippen LogP contribution in [0.25, 0.3) is 0 Å². The number of H-pyrrole nitrogens is 1. The minimum atomic E-state index is 0.349. The lowest BCUT2D eigenvalue weighted by Gasteiger charge is -2.50. The van der Waals surface area contributed by atoms with E-state index in [9.17, 15) is 4.79 Å². The maximum absolute atomic E-state index is 12.7. The normalized spacial score (nSPS) is 27.8. The molecular formula is C20H33N5O. The molecule has 1 aliphatic carbocycles. The monoisotopic (exact) mass is 359 g/mol. The standard InChI is InChI=1S/C20H33N5O/c1-14(2)19-21-17(22-23-19)13-25-15-5-4-6-16(25)12-24(11-15)18(26)7-8-20(3)9-10-20/h14-16H,4-13H2,1-3H3,(H,21,22,23). The molecule has 3 aliphatic rings. The van der Waals surface area contributed by atoms with Crippen molar-refractivity contribution in [1.82, 2.24) is 25.0 Å². The fourth-order valence-corrected chi connectivity index (χ4v) is 4.50. The molecule has 144 valence electrons. The molecule has 2 bridgehead atoms. The first-order valence-electron chi connectivity index (χ1n) is 10.4. The third-order valence-corrected chi connectivity index (χ3v) is 6.67. The first-order chi connectivity index (χ1) is 12.4. The number of carbonyl (C=O) groups is 1. The van der Waals surface area contributed by atoms with Gasteiger partial charge in [-0.25, -0.2) is 4.98 Å². The Kier molecular flexibility index (Phi) is 4.80. The van der Waals surface area contributed by atoms with E-state index in [0.29, 0.717) is 29.3 Å². The molecule has 1 N–H and O–H groups in total. The minimum absolute atomic E-state index is 0.349. The predicted octanol–water partition coefficient (Wildman–Crippen LogP) is 3.07. The minimum Gasteiger partial charge on any atom is -0.340 e. The van der Waals surface area contributed by atoms with E-state index < -0.39 is 0 Å². The predicted molar refractivity (Wildman–Crippen MR) is 101 cm³/mol. The highest BCUT2D eigenvalue weighted by atomic mass is 16.2. The van der Waals surface area contributed by atoms with Crippen LogP contribution >= 0.6 is 0 Å². The van der Waals surface area contributed by atoms with Crippen LogP contribution in [-0.2, 0) is 11.3 Å². The second-order valence-electron chi connectivity index (χ2n) is 9.32. The van der Waals surface area contributed by atoms with Gasteiger partial charge in [0.05, 0.1) is 6.54 Å². The maximum atomic E-state index is 12.7. The number of piperazine rings is 1. The number of hydrogen-bond acceptors (Lipinski definition) is 4. The molecule has 26 heavy (non-hydrogen) atoms. The van der Waals surface area contributed by atoms with Crippen LogP contribution in [-0.4, -0.2) is 56.1 Å². The van der Waals surface area contributed by atoms with E-state index in [2.05, 4.69) is 45.8 Å². The highest BCUT2D eigenvalue weighted by Crippen LogP contribution is 2.49. The summed E-state index contributed by atoms with van der Waals surface area (Å²) in [4.78, 5) is 22.1. The van der Waals surface area contributed by atoms with Crippen molar-refractivity contribution in [3.05, 3.63) is 11.6 Å². The summed E-state index contributed by atoms with van der Waals surface area (Å²) in [6.45, 7) is 9.15. The number of fused-ring (bicyclic) bond motifs is 2. The smallest absolute Gasteiger partial charge is 0.222 e. The number of amides is 1. The third-order valence-electron chi connectivity index (χ3n) is 6.67. The molecule has 4 rings (SSSR count). The molecule has 2 unspecified atom stereocenters. The lowest BCUT2D eigenvalue weighted by molar-refractivity contribution is -0.138. The Labute approximate surface area is 156 Å². The Balaban J connectivity index is 1.37. The van der Waals surface area contributed by atoms with Gasteiger partial charge in [-0.15, -0.1) is 0 Å². The van der Waals surface area contributed by atoms with Crippen LogP contribution in [0.5, 0.6) is 0 Å². The van der Waals surface area contributed by atoms with E-state index in [0.717, 1.165) is 44.1 Å². The van der Waals surface area contributed by atoms with Gasteiger partial charge in [-0.05, 0) is 37.5 Å². The zero-order chi connectivity index (χ0) is 18.3. The summed E-state index contributed by atoms with van der Waals surface area (Å²) in [6, 6.07) is 0.936. The second-order valence-corrected chi connectivity index (χ2v) is 9.32. The van der Waals surface area contributed by atoms with Crippen LogP contribution in [0.2, 0.25) is 0 Å². The van der Waals surface area contributed by atoms with Crippen molar-refractivity contribution < 1.29 is 4.79 Å².